The summed E-state index contributed by atoms with van der Waals surface area (Å²) in [7, 11) is 0.349. The Kier molecular flexibility index (Phi) is 4.94. The lowest BCUT2D eigenvalue weighted by Gasteiger charge is -2.35. The van der Waals surface area contributed by atoms with E-state index in [1.165, 1.54) is 0 Å². The van der Waals surface area contributed by atoms with E-state index in [0.717, 1.165) is 29.7 Å². The molecule has 114 valence electrons. The molecule has 0 radical (unpaired) electrons. The maximum Gasteiger partial charge on any atom is 0.176 e. The highest BCUT2D eigenvalue weighted by Gasteiger charge is 2.37. The van der Waals surface area contributed by atoms with Gasteiger partial charge in [0.25, 0.3) is 0 Å². The van der Waals surface area contributed by atoms with Crippen molar-refractivity contribution >= 4 is 31.5 Å². The van der Waals surface area contributed by atoms with E-state index in [1.54, 1.807) is 7.11 Å². The Bertz CT molecular complexity index is 543. The smallest absolute Gasteiger partial charge is 0.176 e. The minimum atomic E-state index is -1.30. The Labute approximate surface area is 133 Å². The van der Waals surface area contributed by atoms with Crippen LogP contribution < -0.4 is 4.74 Å². The second kappa shape index (κ2) is 6.37. The van der Waals surface area contributed by atoms with Gasteiger partial charge in [0, 0.05) is 8.07 Å². The minimum absolute atomic E-state index is 0.0991. The molecule has 1 aliphatic carbocycles. The number of rotatable bonds is 3. The summed E-state index contributed by atoms with van der Waals surface area (Å²) in [4.78, 5) is 12.3. The van der Waals surface area contributed by atoms with Gasteiger partial charge in [-0.2, -0.15) is 0 Å². The summed E-state index contributed by atoms with van der Waals surface area (Å²) in [6.45, 7) is 7.05. The summed E-state index contributed by atoms with van der Waals surface area (Å²) in [5.41, 5.74) is 2.47. The Morgan fingerprint density at radius 2 is 1.86 bits per heavy atom. The predicted molar refractivity (Wildman–Crippen MR) is 91.9 cm³/mol. The number of allylic oxidation sites excluding steroid dienone is 1. The van der Waals surface area contributed by atoms with Crippen molar-refractivity contribution < 1.29 is 9.53 Å². The molecule has 2 nitrogen and oxygen atoms in total. The number of halogens is 1. The second-order valence-corrected chi connectivity index (χ2v) is 12.9. The van der Waals surface area contributed by atoms with E-state index < -0.39 is 8.07 Å². The summed E-state index contributed by atoms with van der Waals surface area (Å²) in [5, 5.41) is -0.361. The fourth-order valence-electron chi connectivity index (χ4n) is 2.70. The molecule has 1 aliphatic rings. The van der Waals surface area contributed by atoms with Gasteiger partial charge in [0.1, 0.15) is 5.75 Å². The topological polar surface area (TPSA) is 26.3 Å². The number of Topliss-reactive ketones (excluding diaryl/α,β-unsaturated/α-hetero) is 1. The summed E-state index contributed by atoms with van der Waals surface area (Å²) in [5.74, 6) is 0.921. The highest BCUT2D eigenvalue weighted by molar-refractivity contribution is 6.77. The number of carbonyl (C=O) groups excluding carboxylic acids is 1. The van der Waals surface area contributed by atoms with Gasteiger partial charge in [-0.3, -0.25) is 4.79 Å². The van der Waals surface area contributed by atoms with E-state index in [9.17, 15) is 4.79 Å². The van der Waals surface area contributed by atoms with Crippen molar-refractivity contribution in [2.75, 3.05) is 7.11 Å². The number of hydrogen-bond acceptors (Lipinski definition) is 2. The monoisotopic (exact) mass is 322 g/mol. The molecule has 0 saturated heterocycles. The van der Waals surface area contributed by atoms with E-state index in [0.29, 0.717) is 5.54 Å². The molecule has 0 amide bonds. The van der Waals surface area contributed by atoms with E-state index in [2.05, 4.69) is 19.6 Å². The molecule has 1 saturated carbocycles. The first kappa shape index (κ1) is 16.3. The quantitative estimate of drug-likeness (QED) is 0.455. The van der Waals surface area contributed by atoms with Crippen LogP contribution in [-0.4, -0.2) is 26.3 Å². The maximum absolute atomic E-state index is 12.3. The molecule has 21 heavy (non-hydrogen) atoms. The standard InChI is InChI=1S/C17H23ClO2Si/c1-20-14-7-5-12(6-8-14)9-13-10-15(21(2,3)4)11-16(18)17(13)19/h5-9,15-16H,10-11H2,1-4H3. The number of ketones is 1. The van der Waals surface area contributed by atoms with Gasteiger partial charge in [0.2, 0.25) is 0 Å². The highest BCUT2D eigenvalue weighted by atomic mass is 35.5. The van der Waals surface area contributed by atoms with E-state index in [1.807, 2.05) is 30.3 Å². The Morgan fingerprint density at radius 3 is 2.38 bits per heavy atom. The molecule has 1 aromatic carbocycles. The molecule has 0 aromatic heterocycles. The number of carbonyl (C=O) groups is 1. The summed E-state index contributed by atoms with van der Waals surface area (Å²) >= 11 is 6.29. The molecule has 0 bridgehead atoms. The number of benzene rings is 1. The normalized spacial score (nSPS) is 25.2. The largest absolute Gasteiger partial charge is 0.497 e. The van der Waals surface area contributed by atoms with Crippen LogP contribution in [0, 0.1) is 0 Å². The van der Waals surface area contributed by atoms with Crippen LogP contribution in [0.1, 0.15) is 18.4 Å². The number of alkyl halides is 1. The van der Waals surface area contributed by atoms with Gasteiger partial charge >= 0.3 is 0 Å². The SMILES string of the molecule is COc1ccc(C=C2CC([Si](C)(C)C)CC(Cl)C2=O)cc1. The van der Waals surface area contributed by atoms with Crippen molar-refractivity contribution in [2.45, 2.75) is 43.4 Å². The fraction of sp³-hybridized carbons (Fsp3) is 0.471. The van der Waals surface area contributed by atoms with Gasteiger partial charge in [0.15, 0.2) is 5.78 Å². The van der Waals surface area contributed by atoms with Crippen LogP contribution in [-0.2, 0) is 4.79 Å². The van der Waals surface area contributed by atoms with Gasteiger partial charge in [-0.1, -0.05) is 31.8 Å². The van der Waals surface area contributed by atoms with Crippen molar-refractivity contribution in [1.29, 1.82) is 0 Å². The Balaban J connectivity index is 2.26. The Morgan fingerprint density at radius 1 is 1.24 bits per heavy atom. The molecule has 4 heteroatoms. The average Bonchev–Trinajstić information content (AvgIpc) is 2.43. The first-order valence-electron chi connectivity index (χ1n) is 7.34. The highest BCUT2D eigenvalue weighted by Crippen LogP contribution is 2.40. The van der Waals surface area contributed by atoms with Crippen LogP contribution in [0.15, 0.2) is 29.8 Å². The van der Waals surface area contributed by atoms with Gasteiger partial charge in [0.05, 0.1) is 12.5 Å². The molecule has 2 unspecified atom stereocenters. The van der Waals surface area contributed by atoms with Gasteiger partial charge in [-0.15, -0.1) is 11.6 Å². The number of methoxy groups -OCH3 is 1. The molecule has 0 heterocycles. The number of hydrogen-bond donors (Lipinski definition) is 0. The van der Waals surface area contributed by atoms with Crippen LogP contribution >= 0.6 is 11.6 Å². The van der Waals surface area contributed by atoms with Crippen LogP contribution in [0.5, 0.6) is 5.75 Å². The van der Waals surface area contributed by atoms with Gasteiger partial charge < -0.3 is 4.74 Å². The predicted octanol–water partition coefficient (Wildman–Crippen LogP) is 4.76. The third-order valence-electron chi connectivity index (χ3n) is 4.24. The van der Waals surface area contributed by atoms with Crippen LogP contribution in [0.3, 0.4) is 0 Å². The Hall–Kier alpha value is -1.06. The van der Waals surface area contributed by atoms with Crippen molar-refractivity contribution in [1.82, 2.24) is 0 Å². The molecule has 0 spiro atoms. The molecule has 2 atom stereocenters. The summed E-state index contributed by atoms with van der Waals surface area (Å²) < 4.78 is 5.16. The summed E-state index contributed by atoms with van der Waals surface area (Å²) in [6.07, 6.45) is 3.68. The first-order valence-corrected chi connectivity index (χ1v) is 11.4. The zero-order chi connectivity index (χ0) is 15.6. The van der Waals surface area contributed by atoms with Gasteiger partial charge in [-0.05, 0) is 47.7 Å². The molecule has 1 fully saturated rings. The molecule has 1 aromatic rings. The van der Waals surface area contributed by atoms with Crippen molar-refractivity contribution in [3.63, 3.8) is 0 Å². The lowest BCUT2D eigenvalue weighted by atomic mass is 9.91. The molecule has 2 rings (SSSR count). The zero-order valence-electron chi connectivity index (χ0n) is 13.2. The lowest BCUT2D eigenvalue weighted by Crippen LogP contribution is -2.37. The number of ether oxygens (including phenoxy) is 1. The van der Waals surface area contributed by atoms with Crippen molar-refractivity contribution in [3.8, 4) is 5.75 Å². The van der Waals surface area contributed by atoms with Gasteiger partial charge in [-0.25, -0.2) is 0 Å². The lowest BCUT2D eigenvalue weighted by molar-refractivity contribution is -0.116. The minimum Gasteiger partial charge on any atom is -0.497 e. The van der Waals surface area contributed by atoms with E-state index in [4.69, 9.17) is 16.3 Å². The molecular weight excluding hydrogens is 300 g/mol. The van der Waals surface area contributed by atoms with Crippen molar-refractivity contribution in [3.05, 3.63) is 35.4 Å². The molecule has 0 N–H and O–H groups in total. The zero-order valence-corrected chi connectivity index (χ0v) is 14.9. The maximum atomic E-state index is 12.3. The molecule has 0 aliphatic heterocycles. The second-order valence-electron chi connectivity index (χ2n) is 6.78. The van der Waals surface area contributed by atoms with E-state index in [-0.39, 0.29) is 11.2 Å². The third-order valence-corrected chi connectivity index (χ3v) is 7.51. The van der Waals surface area contributed by atoms with E-state index >= 15 is 0 Å². The van der Waals surface area contributed by atoms with Crippen LogP contribution in [0.2, 0.25) is 25.2 Å². The first-order chi connectivity index (χ1) is 9.81. The molecular formula is C17H23ClO2Si. The third kappa shape index (κ3) is 3.98. The summed E-state index contributed by atoms with van der Waals surface area (Å²) in [6, 6.07) is 7.77. The average molecular weight is 323 g/mol. The van der Waals surface area contributed by atoms with Crippen LogP contribution in [0.25, 0.3) is 6.08 Å². The van der Waals surface area contributed by atoms with Crippen LogP contribution in [0.4, 0.5) is 0 Å². The van der Waals surface area contributed by atoms with Crippen molar-refractivity contribution in [2.24, 2.45) is 0 Å². The fourth-order valence-corrected chi connectivity index (χ4v) is 4.98.